The van der Waals surface area contributed by atoms with Crippen molar-refractivity contribution in [3.05, 3.63) is 48.6 Å². The Morgan fingerprint density at radius 3 is 2.64 bits per heavy atom. The van der Waals surface area contributed by atoms with Crippen molar-refractivity contribution in [2.45, 2.75) is 75.4 Å². The van der Waals surface area contributed by atoms with Gasteiger partial charge >= 0.3 is 6.18 Å². The molecule has 2 saturated heterocycles. The second kappa shape index (κ2) is 11.4. The summed E-state index contributed by atoms with van der Waals surface area (Å²) in [6.45, 7) is 3.47. The molecule has 230 valence electrons. The van der Waals surface area contributed by atoms with Crippen molar-refractivity contribution in [2.75, 3.05) is 26.2 Å². The third-order valence-corrected chi connectivity index (χ3v) is 9.14. The normalized spacial score (nSPS) is 22.6. The highest BCUT2D eigenvalue weighted by Gasteiger charge is 2.48. The largest absolute Gasteiger partial charge is 0.474 e. The molecule has 0 bridgehead atoms. The van der Waals surface area contributed by atoms with Crippen LogP contribution >= 0.6 is 0 Å². The Morgan fingerprint density at radius 2 is 1.89 bits per heavy atom. The van der Waals surface area contributed by atoms with Crippen molar-refractivity contribution in [1.82, 2.24) is 44.5 Å². The Kier molecular flexibility index (Phi) is 7.45. The minimum Gasteiger partial charge on any atom is -0.474 e. The molecule has 6 heterocycles. The van der Waals surface area contributed by atoms with Gasteiger partial charge in [-0.05, 0) is 57.7 Å². The van der Waals surface area contributed by atoms with Gasteiger partial charge in [-0.2, -0.15) is 28.5 Å². The van der Waals surface area contributed by atoms with E-state index in [2.05, 4.69) is 45.9 Å². The van der Waals surface area contributed by atoms with Gasteiger partial charge in [0.1, 0.15) is 23.6 Å². The summed E-state index contributed by atoms with van der Waals surface area (Å²) < 4.78 is 48.7. The highest BCUT2D eigenvalue weighted by molar-refractivity contribution is 5.90. The Bertz CT molecular complexity index is 1660. The number of nitriles is 1. The van der Waals surface area contributed by atoms with Gasteiger partial charge in [-0.1, -0.05) is 0 Å². The van der Waals surface area contributed by atoms with Crippen LogP contribution in [0.3, 0.4) is 0 Å². The van der Waals surface area contributed by atoms with Gasteiger partial charge in [-0.15, -0.1) is 0 Å². The van der Waals surface area contributed by atoms with Gasteiger partial charge in [0.2, 0.25) is 11.7 Å². The minimum atomic E-state index is -4.64. The van der Waals surface area contributed by atoms with Crippen molar-refractivity contribution in [3.8, 4) is 23.2 Å². The number of halogens is 3. The lowest BCUT2D eigenvalue weighted by atomic mass is 9.82. The smallest absolute Gasteiger partial charge is 0.451 e. The summed E-state index contributed by atoms with van der Waals surface area (Å²) in [7, 11) is 0. The molecule has 0 aromatic carbocycles. The van der Waals surface area contributed by atoms with Crippen LogP contribution in [0.1, 0.15) is 56.5 Å². The van der Waals surface area contributed by atoms with E-state index < -0.39 is 17.5 Å². The lowest BCUT2D eigenvalue weighted by Crippen LogP contribution is -2.65. The van der Waals surface area contributed by atoms with Crippen LogP contribution in [0, 0.1) is 11.3 Å². The molecule has 0 spiro atoms. The van der Waals surface area contributed by atoms with E-state index in [-0.39, 0.29) is 12.0 Å². The maximum Gasteiger partial charge on any atom is 0.451 e. The predicted octanol–water partition coefficient (Wildman–Crippen LogP) is 4.54. The fourth-order valence-electron chi connectivity index (χ4n) is 6.87. The summed E-state index contributed by atoms with van der Waals surface area (Å²) >= 11 is 0. The highest BCUT2D eigenvalue weighted by atomic mass is 19.4. The number of nitrogens with one attached hydrogen (secondary N) is 1. The first-order valence-electron chi connectivity index (χ1n) is 15.1. The van der Waals surface area contributed by atoms with Crippen LogP contribution in [0.15, 0.2) is 37.1 Å². The van der Waals surface area contributed by atoms with E-state index in [9.17, 15) is 18.4 Å². The number of nitrogens with zero attached hydrogens (tertiary/aromatic N) is 9. The monoisotopic (exact) mass is 606 g/mol. The number of hydrogen-bond donors (Lipinski definition) is 1. The molecule has 1 saturated carbocycles. The van der Waals surface area contributed by atoms with Crippen LogP contribution in [0.4, 0.5) is 13.2 Å². The molecule has 1 aliphatic carbocycles. The Morgan fingerprint density at radius 1 is 1.09 bits per heavy atom. The molecule has 14 heteroatoms. The molecule has 1 N–H and O–H groups in total. The molecular formula is C30H33F3N10O. The third-order valence-electron chi connectivity index (χ3n) is 9.14. The van der Waals surface area contributed by atoms with Gasteiger partial charge < -0.3 is 9.72 Å². The van der Waals surface area contributed by atoms with Crippen molar-refractivity contribution >= 4 is 11.0 Å². The molecular weight excluding hydrogens is 573 g/mol. The zero-order valence-corrected chi connectivity index (χ0v) is 24.2. The Hall–Kier alpha value is -4.09. The number of likely N-dealkylation sites (tertiary alicyclic amines) is 2. The number of hydrogen-bond acceptors (Lipinski definition) is 9. The van der Waals surface area contributed by atoms with Crippen LogP contribution in [-0.4, -0.2) is 82.8 Å². The number of H-pyrrole nitrogens is 1. The molecule has 11 nitrogen and oxygen atoms in total. The number of fused-ring (bicyclic) bond motifs is 1. The first-order valence-corrected chi connectivity index (χ1v) is 15.1. The van der Waals surface area contributed by atoms with Crippen LogP contribution in [-0.2, 0) is 18.3 Å². The number of aromatic amines is 1. The molecule has 2 aliphatic heterocycles. The van der Waals surface area contributed by atoms with Crippen LogP contribution in [0.5, 0.6) is 5.88 Å². The summed E-state index contributed by atoms with van der Waals surface area (Å²) in [5, 5.41) is 15.2. The third kappa shape index (κ3) is 5.61. The lowest BCUT2D eigenvalue weighted by Gasteiger charge is -2.53. The standard InChI is InChI=1S/C30H33F3N10O/c31-30(32,33)28-39-21(16-41-11-1-2-12-41)13-25(40-28)44-23-5-3-22(4-6-23)42-17-29(18-42,8-9-34)43-15-20(14-38-43)26-24-7-10-35-27(24)37-19-36-26/h7,10,13-15,19,22-23H,1-6,8,11-12,16-18H2,(H,35,36,37). The topological polar surface area (TPSA) is 125 Å². The molecule has 4 aromatic rings. The number of rotatable bonds is 8. The maximum absolute atomic E-state index is 13.6. The van der Waals surface area contributed by atoms with Crippen molar-refractivity contribution in [2.24, 2.45) is 0 Å². The summed E-state index contributed by atoms with van der Waals surface area (Å²) in [4.78, 5) is 23.8. The van der Waals surface area contributed by atoms with Crippen molar-refractivity contribution < 1.29 is 17.9 Å². The fraction of sp³-hybridized carbons (Fsp3) is 0.533. The highest BCUT2D eigenvalue weighted by Crippen LogP contribution is 2.39. The number of aromatic nitrogens is 7. The van der Waals surface area contributed by atoms with Gasteiger partial charge in [0.25, 0.3) is 0 Å². The van der Waals surface area contributed by atoms with E-state index in [1.807, 2.05) is 23.1 Å². The quantitative estimate of drug-likeness (QED) is 0.308. The van der Waals surface area contributed by atoms with Gasteiger partial charge in [-0.25, -0.2) is 15.0 Å². The Labute approximate surface area is 252 Å². The lowest BCUT2D eigenvalue weighted by molar-refractivity contribution is -0.145. The average molecular weight is 607 g/mol. The molecule has 7 rings (SSSR count). The first-order chi connectivity index (χ1) is 21.3. The first kappa shape index (κ1) is 28.7. The second-order valence-electron chi connectivity index (χ2n) is 12.2. The van der Waals surface area contributed by atoms with Gasteiger partial charge in [-0.3, -0.25) is 14.5 Å². The molecule has 4 aromatic heterocycles. The number of alkyl halides is 3. The minimum absolute atomic E-state index is 0.00273. The predicted molar refractivity (Wildman–Crippen MR) is 153 cm³/mol. The van der Waals surface area contributed by atoms with Gasteiger partial charge in [0, 0.05) is 55.1 Å². The van der Waals surface area contributed by atoms with Gasteiger partial charge in [0.05, 0.1) is 30.1 Å². The van der Waals surface area contributed by atoms with E-state index in [0.717, 1.165) is 61.1 Å². The van der Waals surface area contributed by atoms with E-state index in [4.69, 9.17) is 4.74 Å². The van der Waals surface area contributed by atoms with E-state index in [0.29, 0.717) is 50.6 Å². The van der Waals surface area contributed by atoms with Crippen molar-refractivity contribution in [1.29, 1.82) is 5.26 Å². The van der Waals surface area contributed by atoms with Crippen LogP contribution < -0.4 is 4.74 Å². The SMILES string of the molecule is N#CCC1(n2cc(-c3ncnc4[nH]ccc34)cn2)CN(C2CCC(Oc3cc(CN4CCCC4)nc(C(F)(F)F)n3)CC2)C1. The molecule has 0 radical (unpaired) electrons. The van der Waals surface area contributed by atoms with E-state index in [1.165, 1.54) is 6.33 Å². The summed E-state index contributed by atoms with van der Waals surface area (Å²) in [5.41, 5.74) is 2.33. The van der Waals surface area contributed by atoms with E-state index in [1.54, 1.807) is 12.3 Å². The molecule has 0 atom stereocenters. The van der Waals surface area contributed by atoms with Crippen LogP contribution in [0.2, 0.25) is 0 Å². The van der Waals surface area contributed by atoms with Crippen LogP contribution in [0.25, 0.3) is 22.3 Å². The summed E-state index contributed by atoms with van der Waals surface area (Å²) in [6, 6.07) is 6.15. The zero-order valence-electron chi connectivity index (χ0n) is 24.2. The van der Waals surface area contributed by atoms with Crippen molar-refractivity contribution in [3.63, 3.8) is 0 Å². The van der Waals surface area contributed by atoms with E-state index >= 15 is 0 Å². The molecule has 3 aliphatic rings. The fourth-order valence-corrected chi connectivity index (χ4v) is 6.87. The molecule has 0 unspecified atom stereocenters. The average Bonchev–Trinajstić information content (AvgIpc) is 3.77. The summed E-state index contributed by atoms with van der Waals surface area (Å²) in [6.07, 6.45) is 7.80. The second-order valence-corrected chi connectivity index (χ2v) is 12.2. The van der Waals surface area contributed by atoms with Gasteiger partial charge in [0.15, 0.2) is 0 Å². The maximum atomic E-state index is 13.6. The summed E-state index contributed by atoms with van der Waals surface area (Å²) in [5.74, 6) is -1.15. The molecule has 0 amide bonds. The molecule has 44 heavy (non-hydrogen) atoms. The zero-order chi connectivity index (χ0) is 30.3. The molecule has 3 fully saturated rings. The Balaban J connectivity index is 0.984. The number of ether oxygens (including phenoxy) is 1.